The Balaban J connectivity index is 2.26. The minimum absolute atomic E-state index is 0.0118. The van der Waals surface area contributed by atoms with E-state index in [1.165, 1.54) is 0 Å². The highest BCUT2D eigenvalue weighted by atomic mass is 35.5. The molecule has 3 rings (SSSR count). The number of rotatable bonds is 1. The second kappa shape index (κ2) is 4.25. The highest BCUT2D eigenvalue weighted by Crippen LogP contribution is 2.28. The van der Waals surface area contributed by atoms with Crippen molar-refractivity contribution in [2.45, 2.75) is 0 Å². The van der Waals surface area contributed by atoms with Crippen LogP contribution in [0.5, 0.6) is 0 Å². The summed E-state index contributed by atoms with van der Waals surface area (Å²) in [7, 11) is 0. The first kappa shape index (κ1) is 12.0. The van der Waals surface area contributed by atoms with Crippen LogP contribution in [0.2, 0.25) is 10.0 Å². The molecule has 0 fully saturated rings. The molecule has 0 bridgehead atoms. The number of nitrogens with two attached hydrogens (primary N) is 1. The molecule has 6 nitrogen and oxygen atoms in total. The van der Waals surface area contributed by atoms with Gasteiger partial charge in [0.1, 0.15) is 5.82 Å². The van der Waals surface area contributed by atoms with Crippen LogP contribution in [0.15, 0.2) is 23.0 Å². The topological polar surface area (TPSA) is 100 Å². The zero-order chi connectivity index (χ0) is 13.6. The van der Waals surface area contributed by atoms with Crippen molar-refractivity contribution in [1.29, 1.82) is 0 Å². The number of nitrogens with zero attached hydrogens (tertiary/aromatic N) is 2. The number of nitrogens with one attached hydrogen (secondary N) is 2. The first-order valence-corrected chi connectivity index (χ1v) is 6.01. The minimum Gasteiger partial charge on any atom is -0.369 e. The number of aromatic amines is 2. The SMILES string of the molecule is Nc1nc2nc(-c3ccc(Cl)cc3Cl)[nH]c2c(=O)[nH]1. The van der Waals surface area contributed by atoms with Crippen LogP contribution in [0.25, 0.3) is 22.6 Å². The minimum atomic E-state index is -0.383. The second-order valence-electron chi connectivity index (χ2n) is 3.86. The number of benzene rings is 1. The third-order valence-electron chi connectivity index (χ3n) is 2.57. The Morgan fingerprint density at radius 1 is 1.16 bits per heavy atom. The number of anilines is 1. The van der Waals surface area contributed by atoms with Gasteiger partial charge >= 0.3 is 0 Å². The Morgan fingerprint density at radius 3 is 2.68 bits per heavy atom. The van der Waals surface area contributed by atoms with E-state index in [0.717, 1.165) is 0 Å². The molecular weight excluding hydrogens is 289 g/mol. The van der Waals surface area contributed by atoms with Gasteiger partial charge < -0.3 is 10.7 Å². The number of imidazole rings is 1. The molecule has 2 heterocycles. The monoisotopic (exact) mass is 295 g/mol. The fourth-order valence-electron chi connectivity index (χ4n) is 1.73. The molecule has 0 radical (unpaired) electrons. The lowest BCUT2D eigenvalue weighted by Gasteiger charge is -2.00. The van der Waals surface area contributed by atoms with E-state index < -0.39 is 0 Å². The summed E-state index contributed by atoms with van der Waals surface area (Å²) in [5.41, 5.74) is 6.19. The molecule has 2 aromatic heterocycles. The summed E-state index contributed by atoms with van der Waals surface area (Å²) in [6.45, 7) is 0. The van der Waals surface area contributed by atoms with Crippen molar-refractivity contribution < 1.29 is 0 Å². The van der Waals surface area contributed by atoms with Crippen LogP contribution in [0, 0.1) is 0 Å². The fourth-order valence-corrected chi connectivity index (χ4v) is 2.23. The van der Waals surface area contributed by atoms with Gasteiger partial charge in [-0.15, -0.1) is 0 Å². The average Bonchev–Trinajstić information content (AvgIpc) is 2.72. The Kier molecular flexibility index (Phi) is 2.69. The highest BCUT2D eigenvalue weighted by Gasteiger charge is 2.12. The van der Waals surface area contributed by atoms with Crippen molar-refractivity contribution in [2.24, 2.45) is 0 Å². The van der Waals surface area contributed by atoms with E-state index in [9.17, 15) is 4.79 Å². The Hall–Kier alpha value is -2.05. The molecule has 4 N–H and O–H groups in total. The van der Waals surface area contributed by atoms with Crippen LogP contribution < -0.4 is 11.3 Å². The second-order valence-corrected chi connectivity index (χ2v) is 4.70. The summed E-state index contributed by atoms with van der Waals surface area (Å²) in [4.78, 5) is 25.1. The molecule has 0 unspecified atom stereocenters. The molecule has 0 aliphatic rings. The lowest BCUT2D eigenvalue weighted by Crippen LogP contribution is -2.10. The standard InChI is InChI=1S/C11H7Cl2N5O/c12-4-1-2-5(6(13)3-4)8-15-7-9(16-8)17-11(14)18-10(7)19/h1-3H,(H4,14,15,16,17,18,19). The predicted octanol–water partition coefficient (Wildman–Crippen LogP) is 2.20. The number of aromatic nitrogens is 4. The summed E-state index contributed by atoms with van der Waals surface area (Å²) in [6.07, 6.45) is 0. The van der Waals surface area contributed by atoms with Gasteiger partial charge in [-0.2, -0.15) is 4.98 Å². The molecule has 0 saturated heterocycles. The van der Waals surface area contributed by atoms with Gasteiger partial charge in [-0.05, 0) is 18.2 Å². The lowest BCUT2D eigenvalue weighted by atomic mass is 10.2. The maximum atomic E-state index is 11.7. The maximum absolute atomic E-state index is 11.7. The van der Waals surface area contributed by atoms with E-state index in [1.807, 2.05) is 0 Å². The molecule has 8 heteroatoms. The molecule has 1 aromatic carbocycles. The number of halogens is 2. The zero-order valence-corrected chi connectivity index (χ0v) is 10.9. The van der Waals surface area contributed by atoms with Gasteiger partial charge in [0, 0.05) is 10.6 Å². The molecule has 19 heavy (non-hydrogen) atoms. The Bertz CT molecular complexity index is 839. The smallest absolute Gasteiger partial charge is 0.278 e. The first-order valence-electron chi connectivity index (χ1n) is 5.25. The van der Waals surface area contributed by atoms with Gasteiger partial charge in [0.15, 0.2) is 11.2 Å². The van der Waals surface area contributed by atoms with Crippen LogP contribution in [0.1, 0.15) is 0 Å². The van der Waals surface area contributed by atoms with Crippen molar-refractivity contribution in [2.75, 3.05) is 5.73 Å². The summed E-state index contributed by atoms with van der Waals surface area (Å²) < 4.78 is 0. The van der Waals surface area contributed by atoms with Crippen molar-refractivity contribution >= 4 is 40.3 Å². The van der Waals surface area contributed by atoms with E-state index >= 15 is 0 Å². The summed E-state index contributed by atoms with van der Waals surface area (Å²) in [5.74, 6) is 0.443. The number of nitrogen functional groups attached to an aromatic ring is 1. The Labute approximate surface area is 116 Å². The third kappa shape index (κ3) is 2.05. The van der Waals surface area contributed by atoms with Gasteiger partial charge in [0.2, 0.25) is 5.95 Å². The molecule has 3 aromatic rings. The largest absolute Gasteiger partial charge is 0.369 e. The molecule has 0 saturated carbocycles. The van der Waals surface area contributed by atoms with Gasteiger partial charge in [0.05, 0.1) is 5.02 Å². The van der Waals surface area contributed by atoms with E-state index in [-0.39, 0.29) is 22.7 Å². The summed E-state index contributed by atoms with van der Waals surface area (Å²) >= 11 is 11.9. The summed E-state index contributed by atoms with van der Waals surface area (Å²) in [6, 6.07) is 4.99. The van der Waals surface area contributed by atoms with E-state index in [2.05, 4.69) is 19.9 Å². The average molecular weight is 296 g/mol. The van der Waals surface area contributed by atoms with E-state index in [4.69, 9.17) is 28.9 Å². The van der Waals surface area contributed by atoms with Gasteiger partial charge in [0.25, 0.3) is 5.56 Å². The van der Waals surface area contributed by atoms with Crippen molar-refractivity contribution in [1.82, 2.24) is 19.9 Å². The first-order chi connectivity index (χ1) is 9.04. The molecule has 0 aliphatic carbocycles. The van der Waals surface area contributed by atoms with Gasteiger partial charge in [-0.25, -0.2) is 4.98 Å². The van der Waals surface area contributed by atoms with Crippen molar-refractivity contribution in [3.8, 4) is 11.4 Å². The van der Waals surface area contributed by atoms with Crippen molar-refractivity contribution in [3.05, 3.63) is 38.6 Å². The third-order valence-corrected chi connectivity index (χ3v) is 3.11. The zero-order valence-electron chi connectivity index (χ0n) is 9.37. The van der Waals surface area contributed by atoms with Crippen molar-refractivity contribution in [3.63, 3.8) is 0 Å². The summed E-state index contributed by atoms with van der Waals surface area (Å²) in [5, 5.41) is 0.945. The number of fused-ring (bicyclic) bond motifs is 1. The predicted molar refractivity (Wildman–Crippen MR) is 74.4 cm³/mol. The van der Waals surface area contributed by atoms with E-state index in [1.54, 1.807) is 18.2 Å². The van der Waals surface area contributed by atoms with E-state index in [0.29, 0.717) is 21.4 Å². The normalized spacial score (nSPS) is 11.1. The number of H-pyrrole nitrogens is 2. The lowest BCUT2D eigenvalue weighted by molar-refractivity contribution is 1.17. The van der Waals surface area contributed by atoms with Crippen LogP contribution >= 0.6 is 23.2 Å². The fraction of sp³-hybridized carbons (Fsp3) is 0. The number of hydrogen-bond acceptors (Lipinski definition) is 4. The molecule has 0 aliphatic heterocycles. The number of hydrogen-bond donors (Lipinski definition) is 3. The molecule has 96 valence electrons. The van der Waals surface area contributed by atoms with Gasteiger partial charge in [-0.1, -0.05) is 23.2 Å². The van der Waals surface area contributed by atoms with Crippen LogP contribution in [-0.2, 0) is 0 Å². The Morgan fingerprint density at radius 2 is 1.95 bits per heavy atom. The quantitative estimate of drug-likeness (QED) is 0.640. The highest BCUT2D eigenvalue weighted by molar-refractivity contribution is 6.36. The van der Waals surface area contributed by atoms with Crippen LogP contribution in [0.4, 0.5) is 5.95 Å². The van der Waals surface area contributed by atoms with Crippen LogP contribution in [0.3, 0.4) is 0 Å². The molecule has 0 spiro atoms. The van der Waals surface area contributed by atoms with Crippen LogP contribution in [-0.4, -0.2) is 19.9 Å². The molecule has 0 atom stereocenters. The molecular formula is C11H7Cl2N5O. The molecule has 0 amide bonds. The van der Waals surface area contributed by atoms with Gasteiger partial charge in [-0.3, -0.25) is 9.78 Å². The maximum Gasteiger partial charge on any atom is 0.278 e.